The molecule has 0 fully saturated rings. The molecule has 0 N–H and O–H groups in total. The van der Waals surface area contributed by atoms with Gasteiger partial charge in [0, 0.05) is 0 Å². The minimum absolute atomic E-state index is 0. The van der Waals surface area contributed by atoms with E-state index in [0.29, 0.717) is 0 Å². The smallest absolute Gasteiger partial charge is 0.444 e. The Kier molecular flexibility index (Phi) is 171. The van der Waals surface area contributed by atoms with Gasteiger partial charge >= 0.3 is 40.4 Å². The third kappa shape index (κ3) is 1510. The summed E-state index contributed by atoms with van der Waals surface area (Å²) in [5.41, 5.74) is 0. The molecule has 0 aromatic rings. The van der Waals surface area contributed by atoms with E-state index >= 15 is 0 Å². The van der Waals surface area contributed by atoms with Crippen molar-refractivity contribution in [1.82, 2.24) is 0 Å². The van der Waals surface area contributed by atoms with Crippen LogP contribution in [-0.4, -0.2) is 0 Å². The van der Waals surface area contributed by atoms with E-state index in [9.17, 15) is 0 Å². The van der Waals surface area contributed by atoms with Crippen LogP contribution in [-0.2, 0) is 0 Å². The number of hydrogen-bond acceptors (Lipinski definition) is 9. The minimum Gasteiger partial charge on any atom is -0.444 e. The van der Waals surface area contributed by atoms with Crippen LogP contribution in [0.4, 0.5) is 0 Å². The van der Waals surface area contributed by atoms with Crippen molar-refractivity contribution < 1.29 is 40.4 Å². The van der Waals surface area contributed by atoms with Gasteiger partial charge in [-0.15, -0.1) is 16.0 Å². The van der Waals surface area contributed by atoms with Crippen LogP contribution in [0, 0.1) is 70.7 Å². The largest absolute Gasteiger partial charge is 3.00 e. The SMILES string of the molecule is O=N[O-].O=N[O-].O=N[O-].[Pm+3]. The van der Waals surface area contributed by atoms with Gasteiger partial charge in [0.2, 0.25) is 0 Å². The average Bonchev–Trinajstić information content (AvgIpc) is 1.70. The van der Waals surface area contributed by atoms with E-state index in [0.717, 1.165) is 16.0 Å². The van der Waals surface area contributed by atoms with E-state index in [-0.39, 0.29) is 40.4 Å². The number of rotatable bonds is 0. The predicted octanol–water partition coefficient (Wildman–Crippen LogP) is 0.752. The minimum atomic E-state index is 0. The second-order valence-electron chi connectivity index (χ2n) is 0.224. The van der Waals surface area contributed by atoms with Crippen LogP contribution in [0.15, 0.2) is 16.0 Å². The van der Waals surface area contributed by atoms with Gasteiger partial charge in [-0.25, -0.2) is 0 Å². The van der Waals surface area contributed by atoms with E-state index in [1.165, 1.54) is 0 Å². The molecule has 10 heavy (non-hydrogen) atoms. The van der Waals surface area contributed by atoms with E-state index in [1.807, 2.05) is 0 Å². The van der Waals surface area contributed by atoms with Gasteiger partial charge in [-0.05, 0) is 0 Å². The maximum absolute atomic E-state index is 8.00. The van der Waals surface area contributed by atoms with Crippen LogP contribution in [0.1, 0.15) is 0 Å². The van der Waals surface area contributed by atoms with Gasteiger partial charge in [0.15, 0.2) is 0 Å². The fourth-order valence-electron chi connectivity index (χ4n) is 0. The van der Waals surface area contributed by atoms with E-state index < -0.39 is 0 Å². The molecule has 56 valence electrons. The molecule has 0 rings (SSSR count). The molecular formula is N3O6Pm. The molecule has 0 radical (unpaired) electrons. The summed E-state index contributed by atoms with van der Waals surface area (Å²) in [6.07, 6.45) is 0. The van der Waals surface area contributed by atoms with Crippen LogP contribution >= 0.6 is 0 Å². The van der Waals surface area contributed by atoms with Crippen molar-refractivity contribution in [3.8, 4) is 0 Å². The summed E-state index contributed by atoms with van der Waals surface area (Å²) in [6, 6.07) is 0. The molecule has 0 saturated heterocycles. The zero-order chi connectivity index (χ0) is 8.12. The number of hydrogen-bond donors (Lipinski definition) is 0. The van der Waals surface area contributed by atoms with Crippen molar-refractivity contribution in [2.45, 2.75) is 0 Å². The maximum Gasteiger partial charge on any atom is 3.00 e. The summed E-state index contributed by atoms with van der Waals surface area (Å²) in [5.74, 6) is 0. The molecule has 0 unspecified atom stereocenters. The van der Waals surface area contributed by atoms with Crippen molar-refractivity contribution in [2.75, 3.05) is 0 Å². The summed E-state index contributed by atoms with van der Waals surface area (Å²) < 4.78 is 0. The predicted molar refractivity (Wildman–Crippen MR) is 27.5 cm³/mol. The fourth-order valence-corrected chi connectivity index (χ4v) is 0. The first kappa shape index (κ1) is 22.7. The van der Waals surface area contributed by atoms with Crippen molar-refractivity contribution in [2.24, 2.45) is 16.0 Å². The molecule has 0 aromatic heterocycles. The van der Waals surface area contributed by atoms with Gasteiger partial charge in [0.05, 0.1) is 0 Å². The first-order valence-corrected chi connectivity index (χ1v) is 1.10. The molecule has 10 heteroatoms. The summed E-state index contributed by atoms with van der Waals surface area (Å²) in [7, 11) is 0. The third-order valence-electron chi connectivity index (χ3n) is 0. The first-order chi connectivity index (χ1) is 4.24. The Morgan fingerprint density at radius 1 is 0.700 bits per heavy atom. The molecule has 0 atom stereocenters. The van der Waals surface area contributed by atoms with Crippen molar-refractivity contribution in [3.05, 3.63) is 30.3 Å². The summed E-state index contributed by atoms with van der Waals surface area (Å²) in [6.45, 7) is 0. The Bertz CT molecular complexity index is 49.7. The molecule has 0 aliphatic carbocycles. The zero-order valence-corrected chi connectivity index (χ0v) is 7.11. The van der Waals surface area contributed by atoms with Gasteiger partial charge in [0.1, 0.15) is 0 Å². The molecule has 0 amide bonds. The molecule has 0 heterocycles. The molecule has 0 aliphatic heterocycles. The second kappa shape index (κ2) is 75.3. The Morgan fingerprint density at radius 2 is 0.700 bits per heavy atom. The van der Waals surface area contributed by atoms with Crippen LogP contribution < -0.4 is 0 Å². The molecule has 0 spiro atoms. The van der Waals surface area contributed by atoms with E-state index in [4.69, 9.17) is 30.3 Å². The van der Waals surface area contributed by atoms with E-state index in [2.05, 4.69) is 0 Å². The average molecular weight is 283 g/mol. The molecule has 0 aromatic carbocycles. The topological polar surface area (TPSA) is 157 Å². The third-order valence-corrected chi connectivity index (χ3v) is 0. The standard InChI is InChI=1S/3HNO2.Pm/c3*2-1-3;/h3*(H,2,3);/q;;;+3/p-3. The van der Waals surface area contributed by atoms with Crippen LogP contribution in [0.3, 0.4) is 0 Å². The normalized spacial score (nSPS) is 3.60. The van der Waals surface area contributed by atoms with Crippen molar-refractivity contribution in [3.63, 3.8) is 0 Å². The van der Waals surface area contributed by atoms with Gasteiger partial charge in [-0.1, -0.05) is 0 Å². The maximum atomic E-state index is 8.00. The van der Waals surface area contributed by atoms with Crippen molar-refractivity contribution >= 4 is 0 Å². The molecule has 9 nitrogen and oxygen atoms in total. The van der Waals surface area contributed by atoms with Crippen molar-refractivity contribution in [1.29, 1.82) is 0 Å². The summed E-state index contributed by atoms with van der Waals surface area (Å²) in [5, 5.41) is 27.0. The zero-order valence-electron chi connectivity index (χ0n) is 4.24. The van der Waals surface area contributed by atoms with Crippen LogP contribution in [0.2, 0.25) is 0 Å². The van der Waals surface area contributed by atoms with Gasteiger partial charge in [-0.3, -0.25) is 0 Å². The first-order valence-electron chi connectivity index (χ1n) is 1.10. The summed E-state index contributed by atoms with van der Waals surface area (Å²) in [4.78, 5) is 24.0. The Morgan fingerprint density at radius 3 is 0.700 bits per heavy atom. The molecular weight excluding hydrogens is 283 g/mol. The fraction of sp³-hybridized carbons (Fsp3) is 0. The molecule has 0 bridgehead atoms. The van der Waals surface area contributed by atoms with E-state index in [1.54, 1.807) is 0 Å². The van der Waals surface area contributed by atoms with Gasteiger partial charge in [0.25, 0.3) is 0 Å². The van der Waals surface area contributed by atoms with Crippen LogP contribution in [0.5, 0.6) is 0 Å². The molecule has 0 aliphatic rings. The monoisotopic (exact) mass is 283 g/mol. The number of nitrogens with zero attached hydrogens (tertiary/aromatic N) is 3. The molecule has 0 saturated carbocycles. The Labute approximate surface area is 86.3 Å². The van der Waals surface area contributed by atoms with Crippen LogP contribution in [0.25, 0.3) is 0 Å². The summed E-state index contributed by atoms with van der Waals surface area (Å²) >= 11 is 0. The second-order valence-corrected chi connectivity index (χ2v) is 0.224. The quantitative estimate of drug-likeness (QED) is 0.471. The Balaban J connectivity index is -0.0000000257. The Hall–Kier alpha value is -0.462. The van der Waals surface area contributed by atoms with Gasteiger partial charge in [-0.2, -0.15) is 0 Å². The van der Waals surface area contributed by atoms with Gasteiger partial charge < -0.3 is 30.3 Å².